The predicted molar refractivity (Wildman–Crippen MR) is 85.2 cm³/mol. The van der Waals surface area contributed by atoms with E-state index in [1.165, 1.54) is 17.4 Å². The number of hydrogen-bond acceptors (Lipinski definition) is 6. The molecule has 0 aliphatic carbocycles. The summed E-state index contributed by atoms with van der Waals surface area (Å²) >= 11 is 1.49. The SMILES string of the molecule is CCCNCc1csc(Nc2cccc([N+](=O)[O-])c2C)n1. The first-order valence-electron chi connectivity index (χ1n) is 6.78. The maximum Gasteiger partial charge on any atom is 0.274 e. The highest BCUT2D eigenvalue weighted by atomic mass is 32.1. The van der Waals surface area contributed by atoms with E-state index in [0.29, 0.717) is 11.3 Å². The van der Waals surface area contributed by atoms with Crippen molar-refractivity contribution in [2.75, 3.05) is 11.9 Å². The molecule has 0 radical (unpaired) electrons. The summed E-state index contributed by atoms with van der Waals surface area (Å²) in [6.45, 7) is 5.55. The number of nitrogens with zero attached hydrogens (tertiary/aromatic N) is 2. The molecule has 1 aromatic heterocycles. The maximum atomic E-state index is 10.9. The van der Waals surface area contributed by atoms with E-state index in [9.17, 15) is 10.1 Å². The molecular weight excluding hydrogens is 288 g/mol. The Kier molecular flexibility index (Phi) is 5.24. The first-order valence-corrected chi connectivity index (χ1v) is 7.66. The molecule has 0 saturated carbocycles. The van der Waals surface area contributed by atoms with Gasteiger partial charge in [0.15, 0.2) is 5.13 Å². The fourth-order valence-corrected chi connectivity index (χ4v) is 2.63. The molecule has 2 rings (SSSR count). The minimum absolute atomic E-state index is 0.112. The summed E-state index contributed by atoms with van der Waals surface area (Å²) in [6, 6.07) is 4.99. The zero-order valence-corrected chi connectivity index (χ0v) is 12.9. The van der Waals surface area contributed by atoms with E-state index in [1.54, 1.807) is 13.0 Å². The molecule has 1 heterocycles. The molecule has 0 unspecified atom stereocenters. The summed E-state index contributed by atoms with van der Waals surface area (Å²) in [5.74, 6) is 0. The normalized spacial score (nSPS) is 10.6. The molecule has 21 heavy (non-hydrogen) atoms. The quantitative estimate of drug-likeness (QED) is 0.464. The Morgan fingerprint density at radius 3 is 2.95 bits per heavy atom. The lowest BCUT2D eigenvalue weighted by molar-refractivity contribution is -0.385. The van der Waals surface area contributed by atoms with Gasteiger partial charge in [0, 0.05) is 18.0 Å². The molecule has 0 amide bonds. The van der Waals surface area contributed by atoms with Crippen LogP contribution in [0.2, 0.25) is 0 Å². The third kappa shape index (κ3) is 3.99. The van der Waals surface area contributed by atoms with Crippen LogP contribution in [0.1, 0.15) is 24.6 Å². The van der Waals surface area contributed by atoms with E-state index >= 15 is 0 Å². The fraction of sp³-hybridized carbons (Fsp3) is 0.357. The van der Waals surface area contributed by atoms with E-state index in [2.05, 4.69) is 22.5 Å². The Bertz CT molecular complexity index is 627. The largest absolute Gasteiger partial charge is 0.331 e. The van der Waals surface area contributed by atoms with Gasteiger partial charge in [-0.3, -0.25) is 10.1 Å². The molecule has 0 bridgehead atoms. The lowest BCUT2D eigenvalue weighted by Gasteiger charge is -2.06. The molecule has 6 nitrogen and oxygen atoms in total. The van der Waals surface area contributed by atoms with Gasteiger partial charge in [0.05, 0.1) is 21.9 Å². The average molecular weight is 306 g/mol. The van der Waals surface area contributed by atoms with Crippen LogP contribution in [0.3, 0.4) is 0 Å². The lowest BCUT2D eigenvalue weighted by Crippen LogP contribution is -2.13. The molecule has 0 aliphatic rings. The minimum atomic E-state index is -0.373. The molecule has 0 aliphatic heterocycles. The Morgan fingerprint density at radius 1 is 1.43 bits per heavy atom. The van der Waals surface area contributed by atoms with Crippen molar-refractivity contribution in [3.8, 4) is 0 Å². The van der Waals surface area contributed by atoms with Gasteiger partial charge >= 0.3 is 0 Å². The Hall–Kier alpha value is -1.99. The van der Waals surface area contributed by atoms with Crippen molar-refractivity contribution < 1.29 is 4.92 Å². The predicted octanol–water partition coefficient (Wildman–Crippen LogP) is 3.60. The second-order valence-corrected chi connectivity index (χ2v) is 5.51. The highest BCUT2D eigenvalue weighted by molar-refractivity contribution is 7.13. The summed E-state index contributed by atoms with van der Waals surface area (Å²) in [6.07, 6.45) is 1.09. The molecule has 2 aromatic rings. The Balaban J connectivity index is 2.08. The van der Waals surface area contributed by atoms with Gasteiger partial charge in [0.25, 0.3) is 5.69 Å². The smallest absolute Gasteiger partial charge is 0.274 e. The van der Waals surface area contributed by atoms with Crippen LogP contribution in [0.25, 0.3) is 0 Å². The number of anilines is 2. The number of benzene rings is 1. The van der Waals surface area contributed by atoms with E-state index in [-0.39, 0.29) is 10.6 Å². The highest BCUT2D eigenvalue weighted by Crippen LogP contribution is 2.28. The van der Waals surface area contributed by atoms with Crippen LogP contribution >= 0.6 is 11.3 Å². The van der Waals surface area contributed by atoms with Crippen molar-refractivity contribution in [2.24, 2.45) is 0 Å². The molecular formula is C14H18N4O2S. The van der Waals surface area contributed by atoms with Gasteiger partial charge < -0.3 is 10.6 Å². The summed E-state index contributed by atoms with van der Waals surface area (Å²) in [4.78, 5) is 15.0. The Labute approximate surface area is 127 Å². The van der Waals surface area contributed by atoms with Crippen LogP contribution in [-0.2, 0) is 6.54 Å². The van der Waals surface area contributed by atoms with Crippen molar-refractivity contribution in [3.63, 3.8) is 0 Å². The van der Waals surface area contributed by atoms with Gasteiger partial charge in [0.1, 0.15) is 0 Å². The van der Waals surface area contributed by atoms with Gasteiger partial charge in [-0.15, -0.1) is 11.3 Å². The first-order chi connectivity index (χ1) is 10.1. The van der Waals surface area contributed by atoms with E-state index in [1.807, 2.05) is 11.4 Å². The zero-order chi connectivity index (χ0) is 15.2. The second kappa shape index (κ2) is 7.14. The highest BCUT2D eigenvalue weighted by Gasteiger charge is 2.14. The number of nitrogens with one attached hydrogen (secondary N) is 2. The van der Waals surface area contributed by atoms with Crippen LogP contribution in [0.15, 0.2) is 23.6 Å². The molecule has 7 heteroatoms. The van der Waals surface area contributed by atoms with Gasteiger partial charge in [-0.05, 0) is 26.0 Å². The number of thiazole rings is 1. The van der Waals surface area contributed by atoms with Crippen molar-refractivity contribution >= 4 is 27.8 Å². The third-order valence-electron chi connectivity index (χ3n) is 3.03. The monoisotopic (exact) mass is 306 g/mol. The van der Waals surface area contributed by atoms with Crippen LogP contribution in [0.4, 0.5) is 16.5 Å². The molecule has 0 fully saturated rings. The molecule has 0 saturated heterocycles. The summed E-state index contributed by atoms with van der Waals surface area (Å²) in [7, 11) is 0. The number of nitro benzene ring substituents is 1. The number of hydrogen-bond donors (Lipinski definition) is 2. The van der Waals surface area contributed by atoms with Gasteiger partial charge in [-0.25, -0.2) is 4.98 Å². The maximum absolute atomic E-state index is 10.9. The van der Waals surface area contributed by atoms with Crippen LogP contribution in [-0.4, -0.2) is 16.5 Å². The topological polar surface area (TPSA) is 80.1 Å². The molecule has 1 aromatic carbocycles. The first kappa shape index (κ1) is 15.4. The number of rotatable bonds is 7. The minimum Gasteiger partial charge on any atom is -0.331 e. The standard InChI is InChI=1S/C14H18N4O2S/c1-3-7-15-8-11-9-21-14(16-11)17-12-5-4-6-13(10(12)2)18(19)20/h4-6,9,15H,3,7-8H2,1-2H3,(H,16,17). The fourth-order valence-electron chi connectivity index (χ4n) is 1.91. The van der Waals surface area contributed by atoms with Crippen molar-refractivity contribution in [3.05, 3.63) is 45.0 Å². The molecule has 0 spiro atoms. The summed E-state index contributed by atoms with van der Waals surface area (Å²) in [5, 5.41) is 20.1. The second-order valence-electron chi connectivity index (χ2n) is 4.65. The van der Waals surface area contributed by atoms with Crippen molar-refractivity contribution in [2.45, 2.75) is 26.8 Å². The molecule has 0 atom stereocenters. The summed E-state index contributed by atoms with van der Waals surface area (Å²) < 4.78 is 0. The van der Waals surface area contributed by atoms with Crippen LogP contribution in [0, 0.1) is 17.0 Å². The number of aromatic nitrogens is 1. The van der Waals surface area contributed by atoms with Gasteiger partial charge in [-0.1, -0.05) is 13.0 Å². The van der Waals surface area contributed by atoms with Crippen molar-refractivity contribution in [1.29, 1.82) is 0 Å². The van der Waals surface area contributed by atoms with E-state index in [4.69, 9.17) is 0 Å². The van der Waals surface area contributed by atoms with E-state index < -0.39 is 0 Å². The third-order valence-corrected chi connectivity index (χ3v) is 3.83. The zero-order valence-electron chi connectivity index (χ0n) is 12.0. The van der Waals surface area contributed by atoms with Crippen LogP contribution in [0.5, 0.6) is 0 Å². The number of nitro groups is 1. The Morgan fingerprint density at radius 2 is 2.24 bits per heavy atom. The van der Waals surface area contributed by atoms with E-state index in [0.717, 1.165) is 30.3 Å². The van der Waals surface area contributed by atoms with Crippen molar-refractivity contribution in [1.82, 2.24) is 10.3 Å². The molecule has 2 N–H and O–H groups in total. The van der Waals surface area contributed by atoms with Gasteiger partial charge in [0.2, 0.25) is 0 Å². The van der Waals surface area contributed by atoms with Crippen LogP contribution < -0.4 is 10.6 Å². The average Bonchev–Trinajstić information content (AvgIpc) is 2.89. The van der Waals surface area contributed by atoms with Gasteiger partial charge in [-0.2, -0.15) is 0 Å². The molecule has 112 valence electrons. The lowest BCUT2D eigenvalue weighted by atomic mass is 10.1. The summed E-state index contributed by atoms with van der Waals surface area (Å²) in [5.41, 5.74) is 2.41.